The molecule has 1 unspecified atom stereocenters. The largest absolute Gasteiger partial charge is 0.393 e. The summed E-state index contributed by atoms with van der Waals surface area (Å²) in [5, 5.41) is 10.5. The van der Waals surface area contributed by atoms with Gasteiger partial charge >= 0.3 is 0 Å². The van der Waals surface area contributed by atoms with Crippen LogP contribution in [0.15, 0.2) is 54.6 Å². The molecule has 0 aliphatic heterocycles. The molecule has 2 aromatic rings. The van der Waals surface area contributed by atoms with Crippen molar-refractivity contribution in [2.75, 3.05) is 0 Å². The average Bonchev–Trinajstić information content (AvgIpc) is 3.04. The van der Waals surface area contributed by atoms with Gasteiger partial charge in [-0.25, -0.2) is 0 Å². The number of hydrogen-bond acceptors (Lipinski definition) is 3. The number of rotatable bonds is 8. The van der Waals surface area contributed by atoms with Crippen molar-refractivity contribution in [1.82, 2.24) is 0 Å². The molecule has 0 spiro atoms. The first-order valence-corrected chi connectivity index (χ1v) is 9.19. The Morgan fingerprint density at radius 2 is 1.74 bits per heavy atom. The molecule has 27 heavy (non-hydrogen) atoms. The van der Waals surface area contributed by atoms with E-state index in [2.05, 4.69) is 0 Å². The average molecular weight is 365 g/mol. The number of nitrogens with two attached hydrogens (primary N) is 2. The molecule has 0 saturated carbocycles. The predicted molar refractivity (Wildman–Crippen MR) is 103 cm³/mol. The fourth-order valence-electron chi connectivity index (χ4n) is 4.11. The molecule has 0 fully saturated rings. The smallest absolute Gasteiger partial charge is 0.225 e. The zero-order chi connectivity index (χ0) is 19.4. The summed E-state index contributed by atoms with van der Waals surface area (Å²) in [5.74, 6) is -2.47. The van der Waals surface area contributed by atoms with Gasteiger partial charge in [-0.05, 0) is 48.3 Å². The normalized spacial score (nSPS) is 20.6. The van der Waals surface area contributed by atoms with E-state index < -0.39 is 29.8 Å². The second kappa shape index (κ2) is 8.35. The van der Waals surface area contributed by atoms with Crippen molar-refractivity contribution < 1.29 is 14.7 Å². The molecule has 2 aromatic carbocycles. The second-order valence-electron chi connectivity index (χ2n) is 7.18. The Hall–Kier alpha value is -2.66. The van der Waals surface area contributed by atoms with E-state index in [1.165, 1.54) is 0 Å². The van der Waals surface area contributed by atoms with Crippen molar-refractivity contribution in [3.63, 3.8) is 0 Å². The molecule has 5 N–H and O–H groups in total. The highest BCUT2D eigenvalue weighted by molar-refractivity contribution is 5.86. The lowest BCUT2D eigenvalue weighted by Crippen LogP contribution is -2.38. The number of carbonyl (C=O) groups is 2. The minimum atomic E-state index is -0.792. The van der Waals surface area contributed by atoms with E-state index in [0.29, 0.717) is 12.8 Å². The lowest BCUT2D eigenvalue weighted by Gasteiger charge is -2.27. The molecule has 141 valence electrons. The van der Waals surface area contributed by atoms with E-state index in [0.717, 1.165) is 16.7 Å². The van der Waals surface area contributed by atoms with Crippen LogP contribution < -0.4 is 11.5 Å². The summed E-state index contributed by atoms with van der Waals surface area (Å²) in [7, 11) is 0. The summed E-state index contributed by atoms with van der Waals surface area (Å²) in [6, 6.07) is 17.4. The van der Waals surface area contributed by atoms with Gasteiger partial charge in [0, 0.05) is 5.92 Å². The number of primary amides is 2. The maximum Gasteiger partial charge on any atom is 0.225 e. The third-order valence-electron chi connectivity index (χ3n) is 5.43. The quantitative estimate of drug-likeness (QED) is 0.663. The van der Waals surface area contributed by atoms with Crippen LogP contribution in [-0.2, 0) is 22.4 Å². The monoisotopic (exact) mass is 365 g/mol. The number of hydrogen-bond donors (Lipinski definition) is 3. The second-order valence-corrected chi connectivity index (χ2v) is 7.18. The maximum absolute atomic E-state index is 12.2. The van der Waals surface area contributed by atoms with Crippen LogP contribution in [0.2, 0.25) is 0 Å². The number of carbonyl (C=O) groups excluding carboxylic acids is 2. The third kappa shape index (κ3) is 4.37. The van der Waals surface area contributed by atoms with Gasteiger partial charge in [-0.2, -0.15) is 0 Å². The first kappa shape index (κ1) is 19.1. The zero-order valence-electron chi connectivity index (χ0n) is 15.1. The number of aliphatic hydroxyl groups excluding tert-OH is 1. The van der Waals surface area contributed by atoms with Crippen LogP contribution in [0.25, 0.3) is 0 Å². The van der Waals surface area contributed by atoms with E-state index in [9.17, 15) is 14.7 Å². The molecule has 1 radical (unpaired) electrons. The lowest BCUT2D eigenvalue weighted by molar-refractivity contribution is -0.126. The molecule has 4 atom stereocenters. The highest BCUT2D eigenvalue weighted by Gasteiger charge is 2.43. The molecule has 0 saturated heterocycles. The first-order valence-electron chi connectivity index (χ1n) is 9.19. The Morgan fingerprint density at radius 1 is 1.07 bits per heavy atom. The van der Waals surface area contributed by atoms with Crippen LogP contribution in [-0.4, -0.2) is 23.0 Å². The third-order valence-corrected chi connectivity index (χ3v) is 5.43. The minimum Gasteiger partial charge on any atom is -0.393 e. The van der Waals surface area contributed by atoms with Crippen molar-refractivity contribution in [2.24, 2.45) is 23.3 Å². The molecule has 2 amide bonds. The summed E-state index contributed by atoms with van der Waals surface area (Å²) in [4.78, 5) is 24.3. The highest BCUT2D eigenvalue weighted by Crippen LogP contribution is 2.43. The molecule has 1 aliphatic carbocycles. The molecular weight excluding hydrogens is 340 g/mol. The number of benzene rings is 2. The number of amides is 2. The van der Waals surface area contributed by atoms with E-state index in [1.54, 1.807) is 6.42 Å². The summed E-state index contributed by atoms with van der Waals surface area (Å²) < 4.78 is 0. The van der Waals surface area contributed by atoms with Gasteiger partial charge in [0.25, 0.3) is 0 Å². The Balaban J connectivity index is 1.71. The van der Waals surface area contributed by atoms with E-state index in [1.807, 2.05) is 54.6 Å². The Bertz CT molecular complexity index is 806. The Kier molecular flexibility index (Phi) is 5.91. The van der Waals surface area contributed by atoms with Crippen molar-refractivity contribution in [3.8, 4) is 0 Å². The highest BCUT2D eigenvalue weighted by atomic mass is 16.3. The van der Waals surface area contributed by atoms with Crippen LogP contribution in [0, 0.1) is 18.3 Å². The lowest BCUT2D eigenvalue weighted by atomic mass is 9.78. The van der Waals surface area contributed by atoms with Gasteiger partial charge in [0.05, 0.1) is 12.0 Å². The van der Waals surface area contributed by atoms with Crippen molar-refractivity contribution in [2.45, 2.75) is 31.3 Å². The predicted octanol–water partition coefficient (Wildman–Crippen LogP) is 1.73. The van der Waals surface area contributed by atoms with Crippen molar-refractivity contribution >= 4 is 11.8 Å². The molecule has 3 rings (SSSR count). The van der Waals surface area contributed by atoms with Gasteiger partial charge in [0.1, 0.15) is 0 Å². The summed E-state index contributed by atoms with van der Waals surface area (Å²) in [5.41, 5.74) is 14.3. The minimum absolute atomic E-state index is 0.185. The Labute approximate surface area is 159 Å². The molecule has 0 aromatic heterocycles. The molecule has 0 bridgehead atoms. The van der Waals surface area contributed by atoms with Crippen molar-refractivity contribution in [3.05, 3.63) is 77.7 Å². The van der Waals surface area contributed by atoms with Crippen molar-refractivity contribution in [1.29, 1.82) is 0 Å². The van der Waals surface area contributed by atoms with Crippen LogP contribution in [0.5, 0.6) is 0 Å². The molecular formula is C22H25N2O3. The zero-order valence-corrected chi connectivity index (χ0v) is 15.1. The van der Waals surface area contributed by atoms with Gasteiger partial charge < -0.3 is 16.6 Å². The van der Waals surface area contributed by atoms with E-state index >= 15 is 0 Å². The van der Waals surface area contributed by atoms with Gasteiger partial charge in [0.15, 0.2) is 0 Å². The maximum atomic E-state index is 12.2. The summed E-state index contributed by atoms with van der Waals surface area (Å²) >= 11 is 0. The number of fused-ring (bicyclic) bond motifs is 1. The topological polar surface area (TPSA) is 106 Å². The van der Waals surface area contributed by atoms with Crippen LogP contribution in [0.4, 0.5) is 0 Å². The van der Waals surface area contributed by atoms with Gasteiger partial charge in [0.2, 0.25) is 11.8 Å². The van der Waals surface area contributed by atoms with Gasteiger partial charge in [-0.15, -0.1) is 0 Å². The number of aliphatic hydroxyl groups is 1. The SMILES string of the molecule is NC(=O)[C@@H](C[C@@H](O)[CH]Cc1ccccc1)C1Cc2ccccc2[C@H]1C(N)=O. The first-order chi connectivity index (χ1) is 13.0. The fourth-order valence-corrected chi connectivity index (χ4v) is 4.11. The van der Waals surface area contributed by atoms with Crippen LogP contribution >= 0.6 is 0 Å². The van der Waals surface area contributed by atoms with Crippen LogP contribution in [0.1, 0.15) is 29.0 Å². The Morgan fingerprint density at radius 3 is 2.41 bits per heavy atom. The van der Waals surface area contributed by atoms with E-state index in [4.69, 9.17) is 11.5 Å². The van der Waals surface area contributed by atoms with Crippen LogP contribution in [0.3, 0.4) is 0 Å². The van der Waals surface area contributed by atoms with E-state index in [-0.39, 0.29) is 12.3 Å². The molecule has 1 aliphatic rings. The summed E-state index contributed by atoms with van der Waals surface area (Å²) in [6.45, 7) is 0. The molecule has 5 nitrogen and oxygen atoms in total. The standard InChI is InChI=1S/C22H25N2O3/c23-21(26)19(13-16(25)11-10-14-6-2-1-3-7-14)18-12-15-8-4-5-9-17(15)20(18)22(24)27/h1-9,11,16,18-20,25H,10,12-13H2,(H2,23,26)(H2,24,27)/t16-,18?,19-,20+/m0/s1. The molecule has 0 heterocycles. The van der Waals surface area contributed by atoms with Gasteiger partial charge in [-0.3, -0.25) is 9.59 Å². The fraction of sp³-hybridized carbons (Fsp3) is 0.318. The van der Waals surface area contributed by atoms with Gasteiger partial charge in [-0.1, -0.05) is 54.6 Å². The molecule has 5 heteroatoms. The summed E-state index contributed by atoms with van der Waals surface area (Å²) in [6.07, 6.45) is 2.32.